The van der Waals surface area contributed by atoms with Crippen LogP contribution in [0.1, 0.15) is 38.7 Å². The van der Waals surface area contributed by atoms with Crippen molar-refractivity contribution in [2.75, 3.05) is 0 Å². The number of rotatable bonds is 2. The normalized spacial score (nSPS) is 27.4. The minimum Gasteiger partial charge on any atom is -0.324 e. The fourth-order valence-electron chi connectivity index (χ4n) is 2.78. The second-order valence-electron chi connectivity index (χ2n) is 5.81. The Morgan fingerprint density at radius 1 is 1.35 bits per heavy atom. The van der Waals surface area contributed by atoms with E-state index in [9.17, 15) is 4.39 Å². The fourth-order valence-corrected chi connectivity index (χ4v) is 2.97. The molecule has 1 unspecified atom stereocenters. The van der Waals surface area contributed by atoms with Crippen LogP contribution in [-0.2, 0) is 6.42 Å². The Kier molecular flexibility index (Phi) is 3.21. The lowest BCUT2D eigenvalue weighted by molar-refractivity contribution is 0.205. The molecule has 1 atom stereocenters. The first-order valence-electron chi connectivity index (χ1n) is 6.07. The van der Waals surface area contributed by atoms with E-state index in [0.717, 1.165) is 19.3 Å². The monoisotopic (exact) mass is 255 g/mol. The number of hydrogen-bond acceptors (Lipinski definition) is 1. The molecule has 94 valence electrons. The summed E-state index contributed by atoms with van der Waals surface area (Å²) in [6.07, 6.45) is 3.73. The van der Waals surface area contributed by atoms with Crippen LogP contribution in [0.5, 0.6) is 0 Å². The number of nitrogens with two attached hydrogens (primary N) is 1. The zero-order valence-corrected chi connectivity index (χ0v) is 11.1. The van der Waals surface area contributed by atoms with Gasteiger partial charge in [0.15, 0.2) is 0 Å². The first kappa shape index (κ1) is 12.8. The van der Waals surface area contributed by atoms with E-state index in [0.29, 0.717) is 17.0 Å². The Morgan fingerprint density at radius 3 is 2.65 bits per heavy atom. The van der Waals surface area contributed by atoms with Gasteiger partial charge in [-0.05, 0) is 48.4 Å². The molecule has 17 heavy (non-hydrogen) atoms. The molecule has 0 amide bonds. The summed E-state index contributed by atoms with van der Waals surface area (Å²) in [5.74, 6) is -0.207. The molecule has 1 nitrogen and oxygen atoms in total. The number of hydrogen-bond donors (Lipinski definition) is 1. The number of benzene rings is 1. The Bertz CT molecular complexity index is 430. The van der Waals surface area contributed by atoms with Crippen LogP contribution >= 0.6 is 11.6 Å². The highest BCUT2D eigenvalue weighted by molar-refractivity contribution is 6.30. The smallest absolute Gasteiger partial charge is 0.126 e. The van der Waals surface area contributed by atoms with E-state index in [4.69, 9.17) is 17.3 Å². The molecular weight excluding hydrogens is 237 g/mol. The van der Waals surface area contributed by atoms with E-state index in [1.54, 1.807) is 12.1 Å². The van der Waals surface area contributed by atoms with Gasteiger partial charge in [0.05, 0.1) is 0 Å². The van der Waals surface area contributed by atoms with Gasteiger partial charge in [-0.1, -0.05) is 31.9 Å². The summed E-state index contributed by atoms with van der Waals surface area (Å²) < 4.78 is 13.7. The second kappa shape index (κ2) is 4.25. The van der Waals surface area contributed by atoms with Crippen LogP contribution < -0.4 is 5.73 Å². The molecule has 0 heterocycles. The maximum Gasteiger partial charge on any atom is 0.126 e. The highest BCUT2D eigenvalue weighted by Gasteiger charge is 2.45. The molecule has 2 rings (SSSR count). The van der Waals surface area contributed by atoms with Gasteiger partial charge in [-0.3, -0.25) is 0 Å². The summed E-state index contributed by atoms with van der Waals surface area (Å²) >= 11 is 5.91. The Hall–Kier alpha value is -0.600. The van der Waals surface area contributed by atoms with Crippen molar-refractivity contribution in [2.24, 2.45) is 11.1 Å². The summed E-state index contributed by atoms with van der Waals surface area (Å²) in [6, 6.07) is 4.69. The average molecular weight is 256 g/mol. The molecule has 1 saturated carbocycles. The van der Waals surface area contributed by atoms with Gasteiger partial charge in [0.1, 0.15) is 5.82 Å². The fraction of sp³-hybridized carbons (Fsp3) is 0.571. The van der Waals surface area contributed by atoms with Crippen molar-refractivity contribution in [3.8, 4) is 0 Å². The van der Waals surface area contributed by atoms with Crippen LogP contribution in [0, 0.1) is 11.2 Å². The molecule has 0 bridgehead atoms. The highest BCUT2D eigenvalue weighted by atomic mass is 35.5. The van der Waals surface area contributed by atoms with E-state index in [1.165, 1.54) is 6.07 Å². The lowest BCUT2D eigenvalue weighted by Crippen LogP contribution is -2.50. The average Bonchev–Trinajstić information content (AvgIpc) is 2.47. The van der Waals surface area contributed by atoms with Crippen molar-refractivity contribution < 1.29 is 4.39 Å². The minimum absolute atomic E-state index is 0.0573. The zero-order valence-electron chi connectivity index (χ0n) is 10.4. The maximum atomic E-state index is 13.7. The largest absolute Gasteiger partial charge is 0.324 e. The van der Waals surface area contributed by atoms with Crippen LogP contribution in [0.2, 0.25) is 5.02 Å². The van der Waals surface area contributed by atoms with Gasteiger partial charge in [-0.15, -0.1) is 0 Å². The first-order valence-corrected chi connectivity index (χ1v) is 6.45. The maximum absolute atomic E-state index is 13.7. The Labute approximate surface area is 107 Å². The van der Waals surface area contributed by atoms with Crippen molar-refractivity contribution in [3.63, 3.8) is 0 Å². The SMILES string of the molecule is CC1(C)CCCC1(N)Cc1cc(Cl)ccc1F. The van der Waals surface area contributed by atoms with E-state index in [-0.39, 0.29) is 16.8 Å². The molecule has 1 aliphatic carbocycles. The van der Waals surface area contributed by atoms with Gasteiger partial charge in [0.2, 0.25) is 0 Å². The molecular formula is C14H19ClFN. The summed E-state index contributed by atoms with van der Waals surface area (Å²) in [5.41, 5.74) is 6.85. The van der Waals surface area contributed by atoms with Crippen molar-refractivity contribution in [3.05, 3.63) is 34.6 Å². The molecule has 0 aromatic heterocycles. The van der Waals surface area contributed by atoms with Crippen LogP contribution in [0.15, 0.2) is 18.2 Å². The summed E-state index contributed by atoms with van der Waals surface area (Å²) in [7, 11) is 0. The predicted octanol–water partition coefficient (Wildman–Crippen LogP) is 3.93. The van der Waals surface area contributed by atoms with E-state index >= 15 is 0 Å². The summed E-state index contributed by atoms with van der Waals surface area (Å²) in [4.78, 5) is 0. The predicted molar refractivity (Wildman–Crippen MR) is 69.7 cm³/mol. The minimum atomic E-state index is -0.321. The lowest BCUT2D eigenvalue weighted by atomic mass is 9.72. The Morgan fingerprint density at radius 2 is 2.06 bits per heavy atom. The summed E-state index contributed by atoms with van der Waals surface area (Å²) in [6.45, 7) is 4.34. The molecule has 1 aromatic rings. The summed E-state index contributed by atoms with van der Waals surface area (Å²) in [5, 5.41) is 0.570. The third-order valence-electron chi connectivity index (χ3n) is 4.29. The zero-order chi connectivity index (χ0) is 12.7. The van der Waals surface area contributed by atoms with Crippen molar-refractivity contribution in [1.29, 1.82) is 0 Å². The van der Waals surface area contributed by atoms with Crippen molar-refractivity contribution >= 4 is 11.6 Å². The molecule has 1 aromatic carbocycles. The lowest BCUT2D eigenvalue weighted by Gasteiger charge is -2.38. The third kappa shape index (κ3) is 2.34. The topological polar surface area (TPSA) is 26.0 Å². The molecule has 2 N–H and O–H groups in total. The third-order valence-corrected chi connectivity index (χ3v) is 4.52. The molecule has 0 radical (unpaired) electrons. The van der Waals surface area contributed by atoms with Gasteiger partial charge in [0, 0.05) is 10.6 Å². The van der Waals surface area contributed by atoms with Crippen molar-refractivity contribution in [2.45, 2.75) is 45.1 Å². The van der Waals surface area contributed by atoms with Gasteiger partial charge in [0.25, 0.3) is 0 Å². The van der Waals surface area contributed by atoms with E-state index in [2.05, 4.69) is 13.8 Å². The molecule has 1 aliphatic rings. The molecule has 3 heteroatoms. The van der Waals surface area contributed by atoms with Crippen LogP contribution in [0.25, 0.3) is 0 Å². The molecule has 0 spiro atoms. The highest BCUT2D eigenvalue weighted by Crippen LogP contribution is 2.46. The first-order chi connectivity index (χ1) is 7.84. The molecule has 0 aliphatic heterocycles. The van der Waals surface area contributed by atoms with Gasteiger partial charge >= 0.3 is 0 Å². The van der Waals surface area contributed by atoms with E-state index in [1.807, 2.05) is 0 Å². The van der Waals surface area contributed by atoms with Crippen LogP contribution in [0.3, 0.4) is 0 Å². The van der Waals surface area contributed by atoms with Crippen LogP contribution in [0.4, 0.5) is 4.39 Å². The molecule has 1 fully saturated rings. The quantitative estimate of drug-likeness (QED) is 0.851. The standard InChI is InChI=1S/C14H19ClFN/c1-13(2)6-3-7-14(13,17)9-10-8-11(15)4-5-12(10)16/h4-5,8H,3,6-7,9,17H2,1-2H3. The van der Waals surface area contributed by atoms with Gasteiger partial charge in [-0.25, -0.2) is 4.39 Å². The van der Waals surface area contributed by atoms with Gasteiger partial charge < -0.3 is 5.73 Å². The molecule has 0 saturated heterocycles. The number of halogens is 2. The van der Waals surface area contributed by atoms with Crippen LogP contribution in [-0.4, -0.2) is 5.54 Å². The van der Waals surface area contributed by atoms with Crippen molar-refractivity contribution in [1.82, 2.24) is 0 Å². The van der Waals surface area contributed by atoms with Gasteiger partial charge in [-0.2, -0.15) is 0 Å². The Balaban J connectivity index is 2.29. The second-order valence-corrected chi connectivity index (χ2v) is 6.24. The van der Waals surface area contributed by atoms with E-state index < -0.39 is 0 Å².